The third-order valence-electron chi connectivity index (χ3n) is 1.70. The van der Waals surface area contributed by atoms with Crippen molar-refractivity contribution in [2.75, 3.05) is 0 Å². The maximum Gasteiger partial charge on any atom is 0.197 e. The molecule has 0 aliphatic heterocycles. The van der Waals surface area contributed by atoms with E-state index in [1.165, 1.54) is 26.0 Å². The molecule has 0 fully saturated rings. The number of hydrogen-bond acceptors (Lipinski definition) is 3. The fourth-order valence-corrected chi connectivity index (χ4v) is 0.995. The molecule has 0 aliphatic carbocycles. The van der Waals surface area contributed by atoms with E-state index in [0.717, 1.165) is 0 Å². The second kappa shape index (κ2) is 3.18. The number of para-hydroxylation sites is 1. The maximum absolute atomic E-state index is 11.5. The van der Waals surface area contributed by atoms with Gasteiger partial charge < -0.3 is 10.2 Å². The maximum atomic E-state index is 11.5. The number of ketones is 1. The zero-order chi connectivity index (χ0) is 10.1. The van der Waals surface area contributed by atoms with Crippen molar-refractivity contribution in [2.45, 2.75) is 19.4 Å². The van der Waals surface area contributed by atoms with E-state index in [1.807, 2.05) is 0 Å². The van der Waals surface area contributed by atoms with Crippen molar-refractivity contribution in [3.63, 3.8) is 0 Å². The quantitative estimate of drug-likeness (QED) is 0.675. The lowest BCUT2D eigenvalue weighted by Gasteiger charge is -2.15. The van der Waals surface area contributed by atoms with E-state index >= 15 is 0 Å². The Morgan fingerprint density at radius 1 is 1.31 bits per heavy atom. The van der Waals surface area contributed by atoms with Crippen molar-refractivity contribution < 1.29 is 15.0 Å². The smallest absolute Gasteiger partial charge is 0.197 e. The molecule has 1 aromatic carbocycles. The fraction of sp³-hybridized carbons (Fsp3) is 0.300. The number of aromatic hydroxyl groups is 1. The van der Waals surface area contributed by atoms with Crippen LogP contribution in [-0.4, -0.2) is 21.6 Å². The molecule has 0 aliphatic rings. The lowest BCUT2D eigenvalue weighted by Crippen LogP contribution is -2.31. The number of Topliss-reactive ketones (excluding diaryl/α,β-unsaturated/α-hetero) is 1. The molecule has 0 atom stereocenters. The molecule has 70 valence electrons. The summed E-state index contributed by atoms with van der Waals surface area (Å²) in [6.07, 6.45) is 0. The summed E-state index contributed by atoms with van der Waals surface area (Å²) in [4.78, 5) is 11.5. The Hall–Kier alpha value is -1.35. The van der Waals surface area contributed by atoms with Crippen LogP contribution in [0.25, 0.3) is 0 Å². The highest BCUT2D eigenvalue weighted by atomic mass is 16.3. The molecule has 0 saturated heterocycles. The zero-order valence-corrected chi connectivity index (χ0v) is 7.61. The van der Waals surface area contributed by atoms with Gasteiger partial charge >= 0.3 is 0 Å². The average Bonchev–Trinajstić information content (AvgIpc) is 2.02. The van der Waals surface area contributed by atoms with E-state index in [0.29, 0.717) is 0 Å². The van der Waals surface area contributed by atoms with E-state index in [-0.39, 0.29) is 11.3 Å². The molecule has 0 unspecified atom stereocenters. The first-order chi connectivity index (χ1) is 5.93. The summed E-state index contributed by atoms with van der Waals surface area (Å²) in [5.41, 5.74) is -1.30. The van der Waals surface area contributed by atoms with Crippen molar-refractivity contribution in [3.8, 4) is 5.75 Å². The van der Waals surface area contributed by atoms with Gasteiger partial charge in [-0.05, 0) is 26.0 Å². The van der Waals surface area contributed by atoms with Gasteiger partial charge in [0.1, 0.15) is 11.4 Å². The molecular formula is C10H12O3. The Labute approximate surface area is 76.6 Å². The van der Waals surface area contributed by atoms with Gasteiger partial charge in [-0.15, -0.1) is 0 Å². The standard InChI is InChI=1S/C10H12O3/c1-10(2,13)9(12)7-5-3-4-6-8(7)11/h3-6,11,13H,1-2H3. The molecule has 3 nitrogen and oxygen atoms in total. The zero-order valence-electron chi connectivity index (χ0n) is 7.61. The van der Waals surface area contributed by atoms with Crippen molar-refractivity contribution in [3.05, 3.63) is 29.8 Å². The Kier molecular flexibility index (Phi) is 2.38. The number of carbonyl (C=O) groups excluding carboxylic acids is 1. The Bertz CT molecular complexity index is 323. The molecule has 1 aromatic rings. The van der Waals surface area contributed by atoms with Gasteiger partial charge in [0, 0.05) is 0 Å². The van der Waals surface area contributed by atoms with Gasteiger partial charge in [0.15, 0.2) is 5.78 Å². The third kappa shape index (κ3) is 2.06. The average molecular weight is 180 g/mol. The first-order valence-electron chi connectivity index (χ1n) is 3.98. The highest BCUT2D eigenvalue weighted by molar-refractivity contribution is 6.03. The number of carbonyl (C=O) groups is 1. The number of phenolic OH excluding ortho intramolecular Hbond substituents is 1. The first-order valence-corrected chi connectivity index (χ1v) is 3.98. The van der Waals surface area contributed by atoms with Crippen molar-refractivity contribution in [2.24, 2.45) is 0 Å². The molecule has 2 N–H and O–H groups in total. The molecular weight excluding hydrogens is 168 g/mol. The van der Waals surface area contributed by atoms with E-state index < -0.39 is 11.4 Å². The second-order valence-electron chi connectivity index (χ2n) is 3.41. The highest BCUT2D eigenvalue weighted by Gasteiger charge is 2.26. The van der Waals surface area contributed by atoms with Gasteiger partial charge in [0.2, 0.25) is 0 Å². The van der Waals surface area contributed by atoms with Crippen molar-refractivity contribution >= 4 is 5.78 Å². The number of benzene rings is 1. The van der Waals surface area contributed by atoms with Crippen molar-refractivity contribution in [1.82, 2.24) is 0 Å². The third-order valence-corrected chi connectivity index (χ3v) is 1.70. The molecule has 0 radical (unpaired) electrons. The minimum atomic E-state index is -1.45. The molecule has 3 heteroatoms. The predicted molar refractivity (Wildman–Crippen MR) is 48.7 cm³/mol. The molecule has 0 amide bonds. The van der Waals surface area contributed by atoms with Gasteiger partial charge in [0.25, 0.3) is 0 Å². The van der Waals surface area contributed by atoms with Crippen LogP contribution in [0.15, 0.2) is 24.3 Å². The monoisotopic (exact) mass is 180 g/mol. The van der Waals surface area contributed by atoms with Crippen LogP contribution in [0.3, 0.4) is 0 Å². The van der Waals surface area contributed by atoms with Gasteiger partial charge in [-0.25, -0.2) is 0 Å². The number of aliphatic hydroxyl groups is 1. The minimum Gasteiger partial charge on any atom is -0.507 e. The lowest BCUT2D eigenvalue weighted by molar-refractivity contribution is 0.0485. The van der Waals surface area contributed by atoms with Crippen LogP contribution in [0.4, 0.5) is 0 Å². The number of rotatable bonds is 2. The molecule has 0 spiro atoms. The number of phenols is 1. The van der Waals surface area contributed by atoms with Crippen LogP contribution in [0, 0.1) is 0 Å². The summed E-state index contributed by atoms with van der Waals surface area (Å²) in [6.45, 7) is 2.78. The van der Waals surface area contributed by atoms with Gasteiger partial charge in [0.05, 0.1) is 5.56 Å². The van der Waals surface area contributed by atoms with E-state index in [9.17, 15) is 15.0 Å². The van der Waals surface area contributed by atoms with E-state index in [2.05, 4.69) is 0 Å². The summed E-state index contributed by atoms with van der Waals surface area (Å²) < 4.78 is 0. The SMILES string of the molecule is CC(C)(O)C(=O)c1ccccc1O. The van der Waals surface area contributed by atoms with Crippen LogP contribution >= 0.6 is 0 Å². The molecule has 0 heterocycles. The van der Waals surface area contributed by atoms with E-state index in [4.69, 9.17) is 0 Å². The summed E-state index contributed by atoms with van der Waals surface area (Å²) >= 11 is 0. The van der Waals surface area contributed by atoms with Crippen LogP contribution < -0.4 is 0 Å². The summed E-state index contributed by atoms with van der Waals surface area (Å²) in [5, 5.41) is 18.7. The van der Waals surface area contributed by atoms with E-state index in [1.54, 1.807) is 12.1 Å². The lowest BCUT2D eigenvalue weighted by atomic mass is 9.96. The van der Waals surface area contributed by atoms with Crippen LogP contribution in [0.2, 0.25) is 0 Å². The number of hydrogen-bond donors (Lipinski definition) is 2. The molecule has 0 saturated carbocycles. The van der Waals surface area contributed by atoms with Crippen LogP contribution in [-0.2, 0) is 0 Å². The van der Waals surface area contributed by atoms with Gasteiger partial charge in [-0.2, -0.15) is 0 Å². The Morgan fingerprint density at radius 2 is 1.85 bits per heavy atom. The van der Waals surface area contributed by atoms with Crippen molar-refractivity contribution in [1.29, 1.82) is 0 Å². The summed E-state index contributed by atoms with van der Waals surface area (Å²) in [7, 11) is 0. The second-order valence-corrected chi connectivity index (χ2v) is 3.41. The fourth-order valence-electron chi connectivity index (χ4n) is 0.995. The first kappa shape index (κ1) is 9.74. The molecule has 13 heavy (non-hydrogen) atoms. The molecule has 0 aromatic heterocycles. The Balaban J connectivity index is 3.10. The minimum absolute atomic E-state index is 0.102. The molecule has 1 rings (SSSR count). The molecule has 0 bridgehead atoms. The van der Waals surface area contributed by atoms with Gasteiger partial charge in [-0.3, -0.25) is 4.79 Å². The topological polar surface area (TPSA) is 57.5 Å². The summed E-state index contributed by atoms with van der Waals surface area (Å²) in [5.74, 6) is -0.583. The highest BCUT2D eigenvalue weighted by Crippen LogP contribution is 2.21. The normalized spacial score (nSPS) is 11.3. The predicted octanol–water partition coefficient (Wildman–Crippen LogP) is 1.35. The largest absolute Gasteiger partial charge is 0.507 e. The van der Waals surface area contributed by atoms with Crippen LogP contribution in [0.1, 0.15) is 24.2 Å². The summed E-state index contributed by atoms with van der Waals surface area (Å²) in [6, 6.07) is 6.16. The van der Waals surface area contributed by atoms with Crippen LogP contribution in [0.5, 0.6) is 5.75 Å². The van der Waals surface area contributed by atoms with Gasteiger partial charge in [-0.1, -0.05) is 12.1 Å². The Morgan fingerprint density at radius 3 is 2.31 bits per heavy atom.